The van der Waals surface area contributed by atoms with E-state index >= 15 is 0 Å². The van der Waals surface area contributed by atoms with Crippen molar-refractivity contribution in [2.24, 2.45) is 0 Å². The maximum Gasteiger partial charge on any atom is 0.249 e. The van der Waals surface area contributed by atoms with E-state index in [9.17, 15) is 14.7 Å². The molecular formula is C25H36N6O3. The number of β-amino-alcohol motifs (C(OH)–C–C–N with tert-alkyl or cyclic N) is 1. The molecule has 1 aliphatic carbocycles. The Balaban J connectivity index is 1.71. The summed E-state index contributed by atoms with van der Waals surface area (Å²) in [5.41, 5.74) is 2.06. The number of aliphatic hydroxyl groups excluding tert-OH is 1. The second kappa shape index (κ2) is 10.2. The first-order chi connectivity index (χ1) is 16.2. The number of nitrogens with one attached hydrogen (secondary N) is 3. The minimum atomic E-state index is -0.979. The van der Waals surface area contributed by atoms with E-state index < -0.39 is 18.2 Å². The van der Waals surface area contributed by atoms with Crippen LogP contribution < -0.4 is 15.5 Å². The van der Waals surface area contributed by atoms with Crippen LogP contribution in [0.15, 0.2) is 30.5 Å². The summed E-state index contributed by atoms with van der Waals surface area (Å²) in [5, 5.41) is 26.9. The van der Waals surface area contributed by atoms with E-state index in [1.807, 2.05) is 24.3 Å². The molecule has 3 atom stereocenters. The van der Waals surface area contributed by atoms with Crippen molar-refractivity contribution in [2.75, 3.05) is 11.4 Å². The van der Waals surface area contributed by atoms with Crippen LogP contribution in [0.3, 0.4) is 0 Å². The number of nitrogens with zero attached hydrogens (tertiary/aromatic N) is 3. The number of aliphatic hydroxyl groups is 1. The zero-order valence-corrected chi connectivity index (χ0v) is 20.3. The molecule has 0 spiro atoms. The van der Waals surface area contributed by atoms with Gasteiger partial charge in [0.25, 0.3) is 0 Å². The number of aromatic nitrogens is 3. The van der Waals surface area contributed by atoms with Crippen molar-refractivity contribution in [1.29, 1.82) is 0 Å². The van der Waals surface area contributed by atoms with E-state index in [1.54, 1.807) is 6.20 Å². The molecule has 2 aliphatic rings. The van der Waals surface area contributed by atoms with Crippen LogP contribution in [-0.4, -0.2) is 57.1 Å². The van der Waals surface area contributed by atoms with Crippen molar-refractivity contribution < 1.29 is 14.7 Å². The molecular weight excluding hydrogens is 432 g/mol. The van der Waals surface area contributed by atoms with Gasteiger partial charge >= 0.3 is 0 Å². The molecule has 0 bridgehead atoms. The summed E-state index contributed by atoms with van der Waals surface area (Å²) in [4.78, 5) is 29.0. The van der Waals surface area contributed by atoms with Gasteiger partial charge in [0, 0.05) is 24.5 Å². The fraction of sp³-hybridized carbons (Fsp3) is 0.600. The Kier molecular flexibility index (Phi) is 7.33. The van der Waals surface area contributed by atoms with Crippen LogP contribution in [0, 0.1) is 0 Å². The van der Waals surface area contributed by atoms with Crippen LogP contribution in [0.5, 0.6) is 0 Å². The van der Waals surface area contributed by atoms with Crippen LogP contribution in [-0.2, 0) is 15.0 Å². The number of aromatic amines is 1. The van der Waals surface area contributed by atoms with Crippen molar-refractivity contribution in [3.63, 3.8) is 0 Å². The smallest absolute Gasteiger partial charge is 0.249 e. The van der Waals surface area contributed by atoms with Gasteiger partial charge in [-0.3, -0.25) is 19.6 Å². The third kappa shape index (κ3) is 5.47. The molecule has 2 aromatic rings. The molecule has 1 aromatic carbocycles. The van der Waals surface area contributed by atoms with Crippen molar-refractivity contribution in [3.05, 3.63) is 41.7 Å². The highest BCUT2D eigenvalue weighted by atomic mass is 16.3. The normalized spacial score (nSPS) is 22.4. The molecule has 1 unspecified atom stereocenters. The number of benzene rings is 1. The molecule has 9 nitrogen and oxygen atoms in total. The van der Waals surface area contributed by atoms with Gasteiger partial charge in [0.1, 0.15) is 5.69 Å². The zero-order chi connectivity index (χ0) is 24.3. The Morgan fingerprint density at radius 2 is 1.85 bits per heavy atom. The average Bonchev–Trinajstić information content (AvgIpc) is 3.49. The summed E-state index contributed by atoms with van der Waals surface area (Å²) in [5.74, 6) is -0.542. The second-order valence-electron chi connectivity index (χ2n) is 10.5. The van der Waals surface area contributed by atoms with Crippen molar-refractivity contribution in [1.82, 2.24) is 26.0 Å². The van der Waals surface area contributed by atoms with Crippen LogP contribution >= 0.6 is 0 Å². The maximum absolute atomic E-state index is 13.8. The summed E-state index contributed by atoms with van der Waals surface area (Å²) in [6.07, 6.45) is 6.47. The molecule has 0 radical (unpaired) electrons. The predicted molar refractivity (Wildman–Crippen MR) is 129 cm³/mol. The summed E-state index contributed by atoms with van der Waals surface area (Å²) in [7, 11) is 0. The lowest BCUT2D eigenvalue weighted by atomic mass is 9.87. The first kappa shape index (κ1) is 24.3. The second-order valence-corrected chi connectivity index (χ2v) is 10.5. The van der Waals surface area contributed by atoms with E-state index in [2.05, 4.69) is 46.8 Å². The van der Waals surface area contributed by atoms with Crippen molar-refractivity contribution >= 4 is 17.5 Å². The number of anilines is 1. The van der Waals surface area contributed by atoms with Gasteiger partial charge in [-0.05, 0) is 42.4 Å². The molecule has 2 amide bonds. The molecule has 4 rings (SSSR count). The monoisotopic (exact) mass is 468 g/mol. The summed E-state index contributed by atoms with van der Waals surface area (Å²) in [6.45, 7) is 6.73. The number of rotatable bonds is 6. The average molecular weight is 469 g/mol. The molecule has 1 aromatic heterocycles. The van der Waals surface area contributed by atoms with E-state index in [0.29, 0.717) is 24.3 Å². The molecule has 2 fully saturated rings. The fourth-order valence-electron chi connectivity index (χ4n) is 4.85. The zero-order valence-electron chi connectivity index (χ0n) is 20.3. The third-order valence-electron chi connectivity index (χ3n) is 6.83. The van der Waals surface area contributed by atoms with Gasteiger partial charge in [-0.1, -0.05) is 57.4 Å². The summed E-state index contributed by atoms with van der Waals surface area (Å²) in [6, 6.07) is 6.26. The minimum absolute atomic E-state index is 0.0473. The molecule has 34 heavy (non-hydrogen) atoms. The van der Waals surface area contributed by atoms with E-state index in [4.69, 9.17) is 0 Å². The van der Waals surface area contributed by atoms with Gasteiger partial charge in [0.15, 0.2) is 6.04 Å². The Hall–Kier alpha value is -2.78. The van der Waals surface area contributed by atoms with E-state index in [0.717, 1.165) is 31.2 Å². The molecule has 184 valence electrons. The highest BCUT2D eigenvalue weighted by molar-refractivity contribution is 6.03. The topological polar surface area (TPSA) is 123 Å². The molecule has 4 N–H and O–H groups in total. The van der Waals surface area contributed by atoms with Gasteiger partial charge in [-0.15, -0.1) is 5.10 Å². The SMILES string of the molecule is CC(C)(C)c1ccc(N(C(=O)[C@H]2C[C@@H](O)CN2)C(C(=O)NC2CCCCC2)c2c[nH]nn2)cc1. The molecule has 1 aliphatic heterocycles. The highest BCUT2D eigenvalue weighted by Gasteiger charge is 2.40. The number of H-pyrrole nitrogens is 1. The quantitative estimate of drug-likeness (QED) is 0.516. The molecule has 9 heteroatoms. The largest absolute Gasteiger partial charge is 0.392 e. The van der Waals surface area contributed by atoms with Crippen LogP contribution in [0.1, 0.15) is 76.6 Å². The lowest BCUT2D eigenvalue weighted by molar-refractivity contribution is -0.128. The Bertz CT molecular complexity index is 964. The van der Waals surface area contributed by atoms with Gasteiger partial charge in [-0.2, -0.15) is 0 Å². The molecule has 1 saturated carbocycles. The Morgan fingerprint density at radius 3 is 2.41 bits per heavy atom. The summed E-state index contributed by atoms with van der Waals surface area (Å²) >= 11 is 0. The van der Waals surface area contributed by atoms with E-state index in [1.165, 1.54) is 11.3 Å². The number of carbonyl (C=O) groups excluding carboxylic acids is 2. The summed E-state index contributed by atoms with van der Waals surface area (Å²) < 4.78 is 0. The van der Waals surface area contributed by atoms with Gasteiger partial charge in [-0.25, -0.2) is 0 Å². The van der Waals surface area contributed by atoms with Gasteiger partial charge < -0.3 is 15.7 Å². The first-order valence-electron chi connectivity index (χ1n) is 12.3. The molecule has 2 heterocycles. The minimum Gasteiger partial charge on any atom is -0.392 e. The number of carbonyl (C=O) groups is 2. The lowest BCUT2D eigenvalue weighted by Crippen LogP contribution is -2.51. The Morgan fingerprint density at radius 1 is 1.15 bits per heavy atom. The van der Waals surface area contributed by atoms with Crippen LogP contribution in [0.4, 0.5) is 5.69 Å². The standard InChI is InChI=1S/C25H36N6O3/c1-25(2,3)16-9-11-18(12-10-16)31(24(34)20-13-19(32)14-26-20)22(21-15-27-30-29-21)23(33)28-17-7-5-4-6-8-17/h9-12,15,17,19-20,22,26,32H,4-8,13-14H2,1-3H3,(H,28,33)(H,27,29,30)/t19-,20-,22?/m1/s1. The number of hydrogen-bond acceptors (Lipinski definition) is 6. The highest BCUT2D eigenvalue weighted by Crippen LogP contribution is 2.32. The molecule has 1 saturated heterocycles. The maximum atomic E-state index is 13.8. The van der Waals surface area contributed by atoms with Crippen LogP contribution in [0.2, 0.25) is 0 Å². The fourth-order valence-corrected chi connectivity index (χ4v) is 4.85. The first-order valence-corrected chi connectivity index (χ1v) is 12.3. The van der Waals surface area contributed by atoms with E-state index in [-0.39, 0.29) is 23.3 Å². The predicted octanol–water partition coefficient (Wildman–Crippen LogP) is 2.35. The van der Waals surface area contributed by atoms with Crippen molar-refractivity contribution in [3.8, 4) is 0 Å². The third-order valence-corrected chi connectivity index (χ3v) is 6.83. The Labute approximate surface area is 200 Å². The van der Waals surface area contributed by atoms with Crippen LogP contribution in [0.25, 0.3) is 0 Å². The van der Waals surface area contributed by atoms with Crippen molar-refractivity contribution in [2.45, 2.75) is 88.9 Å². The van der Waals surface area contributed by atoms with Gasteiger partial charge in [0.05, 0.1) is 12.1 Å². The number of amides is 2. The van der Waals surface area contributed by atoms with Gasteiger partial charge in [0.2, 0.25) is 11.8 Å². The lowest BCUT2D eigenvalue weighted by Gasteiger charge is -2.34. The number of hydrogen-bond donors (Lipinski definition) is 4.